The summed E-state index contributed by atoms with van der Waals surface area (Å²) in [6, 6.07) is 1.00. The Labute approximate surface area is 84.8 Å². The van der Waals surface area contributed by atoms with Crippen molar-refractivity contribution in [1.82, 2.24) is 9.78 Å². The van der Waals surface area contributed by atoms with Gasteiger partial charge >= 0.3 is 6.18 Å². The molecular weight excluding hydrogens is 211 g/mol. The fraction of sp³-hybridized carbons (Fsp3) is 0.625. The maximum atomic E-state index is 12.3. The maximum absolute atomic E-state index is 12.3. The minimum atomic E-state index is -4.42. The summed E-state index contributed by atoms with van der Waals surface area (Å²) in [6.45, 7) is 1.86. The lowest BCUT2D eigenvalue weighted by Crippen LogP contribution is -2.11. The Morgan fingerprint density at radius 2 is 2.20 bits per heavy atom. The topological polar surface area (TPSA) is 53.1 Å². The summed E-state index contributed by atoms with van der Waals surface area (Å²) in [5.74, 6) is 4.62. The minimum Gasteiger partial charge on any atom is -0.304 e. The highest BCUT2D eigenvalue weighted by Gasteiger charge is 2.35. The smallest absolute Gasteiger partial charge is 0.304 e. The summed E-state index contributed by atoms with van der Waals surface area (Å²) in [5, 5.41) is 3.38. The van der Waals surface area contributed by atoms with Crippen molar-refractivity contribution >= 4 is 0 Å². The average molecular weight is 223 g/mol. The fourth-order valence-corrected chi connectivity index (χ4v) is 1.31. The van der Waals surface area contributed by atoms with Gasteiger partial charge in [-0.3, -0.25) is 4.68 Å². The Morgan fingerprint density at radius 1 is 1.60 bits per heavy atom. The second kappa shape index (κ2) is 4.19. The molecule has 2 N–H and O–H groups in total. The molecule has 0 saturated heterocycles. The number of alkyl halides is 3. The molecule has 4 nitrogen and oxygen atoms in total. The highest BCUT2D eigenvalue weighted by Crippen LogP contribution is 2.30. The van der Waals surface area contributed by atoms with Crippen molar-refractivity contribution in [1.29, 1.82) is 0 Å². The zero-order valence-corrected chi connectivity index (χ0v) is 8.38. The SMILES string of the molecule is CC(CON)c1cc(C(F)(F)F)nn1C. The largest absolute Gasteiger partial charge is 0.435 e. The third kappa shape index (κ3) is 2.69. The quantitative estimate of drug-likeness (QED) is 0.789. The molecule has 0 aliphatic rings. The zero-order valence-electron chi connectivity index (χ0n) is 8.38. The highest BCUT2D eigenvalue weighted by atomic mass is 19.4. The van der Waals surface area contributed by atoms with E-state index in [4.69, 9.17) is 5.90 Å². The molecular formula is C8H12F3N3O. The van der Waals surface area contributed by atoms with Gasteiger partial charge in [-0.1, -0.05) is 6.92 Å². The molecule has 1 unspecified atom stereocenters. The Bertz CT molecular complexity index is 334. The van der Waals surface area contributed by atoms with Crippen molar-refractivity contribution in [2.24, 2.45) is 12.9 Å². The van der Waals surface area contributed by atoms with Gasteiger partial charge in [0.1, 0.15) is 0 Å². The van der Waals surface area contributed by atoms with Crippen LogP contribution in [0.2, 0.25) is 0 Å². The lowest BCUT2D eigenvalue weighted by molar-refractivity contribution is -0.141. The second-order valence-electron chi connectivity index (χ2n) is 3.31. The first kappa shape index (κ1) is 12.0. The summed E-state index contributed by atoms with van der Waals surface area (Å²) >= 11 is 0. The van der Waals surface area contributed by atoms with E-state index in [9.17, 15) is 13.2 Å². The summed E-state index contributed by atoms with van der Waals surface area (Å²) in [7, 11) is 1.46. The van der Waals surface area contributed by atoms with Gasteiger partial charge in [0.15, 0.2) is 5.69 Å². The third-order valence-corrected chi connectivity index (χ3v) is 2.06. The van der Waals surface area contributed by atoms with Crippen molar-refractivity contribution < 1.29 is 18.0 Å². The van der Waals surface area contributed by atoms with Crippen LogP contribution in [0.3, 0.4) is 0 Å². The van der Waals surface area contributed by atoms with Crippen molar-refractivity contribution in [3.63, 3.8) is 0 Å². The summed E-state index contributed by atoms with van der Waals surface area (Å²) in [6.07, 6.45) is -4.42. The van der Waals surface area contributed by atoms with Crippen LogP contribution in [-0.2, 0) is 18.1 Å². The monoisotopic (exact) mass is 223 g/mol. The molecule has 0 saturated carbocycles. The van der Waals surface area contributed by atoms with Gasteiger partial charge in [-0.25, -0.2) is 5.90 Å². The molecule has 0 aliphatic heterocycles. The molecule has 1 aromatic heterocycles. The number of rotatable bonds is 3. The normalized spacial score (nSPS) is 14.3. The lowest BCUT2D eigenvalue weighted by Gasteiger charge is -2.08. The first-order chi connectivity index (χ1) is 6.86. The highest BCUT2D eigenvalue weighted by molar-refractivity contribution is 5.16. The number of aromatic nitrogens is 2. The molecule has 0 spiro atoms. The molecule has 0 amide bonds. The van der Waals surface area contributed by atoms with Gasteiger partial charge in [-0.05, 0) is 6.07 Å². The second-order valence-corrected chi connectivity index (χ2v) is 3.31. The van der Waals surface area contributed by atoms with Gasteiger partial charge in [0.2, 0.25) is 0 Å². The molecule has 0 aliphatic carbocycles. The molecule has 15 heavy (non-hydrogen) atoms. The first-order valence-electron chi connectivity index (χ1n) is 4.29. The van der Waals surface area contributed by atoms with Crippen LogP contribution in [-0.4, -0.2) is 16.4 Å². The number of nitrogens with two attached hydrogens (primary N) is 1. The van der Waals surface area contributed by atoms with E-state index in [1.165, 1.54) is 11.7 Å². The molecule has 0 aromatic carbocycles. The molecule has 1 aromatic rings. The van der Waals surface area contributed by atoms with Gasteiger partial charge in [-0.15, -0.1) is 0 Å². The number of hydrogen-bond acceptors (Lipinski definition) is 3. The Morgan fingerprint density at radius 3 is 2.60 bits per heavy atom. The molecule has 0 radical (unpaired) electrons. The van der Waals surface area contributed by atoms with E-state index in [2.05, 4.69) is 9.94 Å². The van der Waals surface area contributed by atoms with Gasteiger partial charge < -0.3 is 4.84 Å². The molecule has 1 rings (SSSR count). The van der Waals surface area contributed by atoms with Crippen molar-refractivity contribution in [2.45, 2.75) is 19.0 Å². The van der Waals surface area contributed by atoms with E-state index in [0.29, 0.717) is 5.69 Å². The van der Waals surface area contributed by atoms with Gasteiger partial charge in [-0.2, -0.15) is 18.3 Å². The van der Waals surface area contributed by atoms with Crippen LogP contribution in [0.15, 0.2) is 6.07 Å². The summed E-state index contributed by atoms with van der Waals surface area (Å²) in [5.41, 5.74) is -0.461. The van der Waals surface area contributed by atoms with E-state index in [1.807, 2.05) is 0 Å². The first-order valence-corrected chi connectivity index (χ1v) is 4.29. The zero-order chi connectivity index (χ0) is 11.6. The van der Waals surface area contributed by atoms with Crippen molar-refractivity contribution in [2.75, 3.05) is 6.61 Å². The van der Waals surface area contributed by atoms with Gasteiger partial charge in [0, 0.05) is 18.7 Å². The van der Waals surface area contributed by atoms with Crippen LogP contribution in [0, 0.1) is 0 Å². The molecule has 0 fully saturated rings. The molecule has 0 bridgehead atoms. The van der Waals surface area contributed by atoms with E-state index < -0.39 is 11.9 Å². The lowest BCUT2D eigenvalue weighted by atomic mass is 10.1. The van der Waals surface area contributed by atoms with E-state index >= 15 is 0 Å². The predicted octanol–water partition coefficient (Wildman–Crippen LogP) is 1.43. The van der Waals surface area contributed by atoms with Crippen LogP contribution >= 0.6 is 0 Å². The average Bonchev–Trinajstić information content (AvgIpc) is 2.47. The van der Waals surface area contributed by atoms with Gasteiger partial charge in [0.25, 0.3) is 0 Å². The van der Waals surface area contributed by atoms with E-state index in [-0.39, 0.29) is 12.5 Å². The number of hydrogen-bond donors (Lipinski definition) is 1. The number of halogens is 3. The van der Waals surface area contributed by atoms with Crippen LogP contribution in [0.5, 0.6) is 0 Å². The molecule has 7 heteroatoms. The Kier molecular flexibility index (Phi) is 3.35. The van der Waals surface area contributed by atoms with Crippen molar-refractivity contribution in [3.8, 4) is 0 Å². The molecule has 1 atom stereocenters. The fourth-order valence-electron chi connectivity index (χ4n) is 1.31. The summed E-state index contributed by atoms with van der Waals surface area (Å²) in [4.78, 5) is 4.39. The van der Waals surface area contributed by atoms with E-state index in [1.54, 1.807) is 6.92 Å². The van der Waals surface area contributed by atoms with Crippen LogP contribution in [0.25, 0.3) is 0 Å². The van der Waals surface area contributed by atoms with Crippen LogP contribution in [0.1, 0.15) is 24.2 Å². The van der Waals surface area contributed by atoms with Gasteiger partial charge in [0.05, 0.1) is 6.61 Å². The van der Waals surface area contributed by atoms with Crippen LogP contribution < -0.4 is 5.90 Å². The molecule has 1 heterocycles. The standard InChI is InChI=1S/C8H12F3N3O/c1-5(4-15-12)6-3-7(8(9,10)11)13-14(6)2/h3,5H,4,12H2,1-2H3. The Balaban J connectivity index is 2.96. The molecule has 86 valence electrons. The maximum Gasteiger partial charge on any atom is 0.435 e. The number of aryl methyl sites for hydroxylation is 1. The summed E-state index contributed by atoms with van der Waals surface area (Å²) < 4.78 is 38.1. The number of nitrogens with zero attached hydrogens (tertiary/aromatic N) is 2. The Hall–Kier alpha value is -1.08. The predicted molar refractivity (Wildman–Crippen MR) is 46.8 cm³/mol. The van der Waals surface area contributed by atoms with E-state index in [0.717, 1.165) is 6.07 Å². The van der Waals surface area contributed by atoms with Crippen molar-refractivity contribution in [3.05, 3.63) is 17.5 Å². The minimum absolute atomic E-state index is 0.150. The van der Waals surface area contributed by atoms with Crippen LogP contribution in [0.4, 0.5) is 13.2 Å². The third-order valence-electron chi connectivity index (χ3n) is 2.06.